The lowest BCUT2D eigenvalue weighted by Crippen LogP contribution is -2.28. The van der Waals surface area contributed by atoms with Crippen LogP contribution in [0.2, 0.25) is 0 Å². The van der Waals surface area contributed by atoms with Crippen molar-refractivity contribution in [3.8, 4) is 0 Å². The molecule has 1 aromatic carbocycles. The number of aromatic nitrogens is 1. The Morgan fingerprint density at radius 2 is 1.86 bits per heavy atom. The Morgan fingerprint density at radius 1 is 1.14 bits per heavy atom. The van der Waals surface area contributed by atoms with Crippen molar-refractivity contribution in [1.29, 1.82) is 0 Å². The van der Waals surface area contributed by atoms with E-state index in [1.54, 1.807) is 12.3 Å². The number of carbonyl (C=O) groups excluding carboxylic acids is 1. The molecule has 28 heavy (non-hydrogen) atoms. The Morgan fingerprint density at radius 3 is 2.46 bits per heavy atom. The minimum Gasteiger partial charge on any atom is -0.497 e. The second kappa shape index (κ2) is 11.8. The van der Waals surface area contributed by atoms with Gasteiger partial charge in [0.1, 0.15) is 6.61 Å². The van der Waals surface area contributed by atoms with Crippen LogP contribution in [0.5, 0.6) is 0 Å². The van der Waals surface area contributed by atoms with Crippen LogP contribution in [-0.2, 0) is 17.9 Å². The minimum absolute atomic E-state index is 0.161. The molecule has 1 aromatic heterocycles. The van der Waals surface area contributed by atoms with Gasteiger partial charge in [-0.25, -0.2) is 0 Å². The lowest BCUT2D eigenvalue weighted by molar-refractivity contribution is 0.0950. The van der Waals surface area contributed by atoms with Crippen LogP contribution in [0.4, 0.5) is 0 Å². The van der Waals surface area contributed by atoms with Gasteiger partial charge in [0, 0.05) is 23.4 Å². The Kier molecular flexibility index (Phi) is 9.79. The number of allylic oxidation sites excluding steroid dienone is 1. The lowest BCUT2D eigenvalue weighted by Gasteiger charge is -2.10. The number of amides is 1. The molecule has 0 radical (unpaired) electrons. The molecule has 2 N–H and O–H groups in total. The van der Waals surface area contributed by atoms with E-state index in [4.69, 9.17) is 4.74 Å². The molecule has 5 nitrogen and oxygen atoms in total. The van der Waals surface area contributed by atoms with Crippen molar-refractivity contribution < 1.29 is 9.53 Å². The molecule has 0 bridgehead atoms. The van der Waals surface area contributed by atoms with Crippen LogP contribution in [0.15, 0.2) is 41.4 Å². The third kappa shape index (κ3) is 6.72. The fourth-order valence-electron chi connectivity index (χ4n) is 2.67. The van der Waals surface area contributed by atoms with E-state index in [1.165, 1.54) is 0 Å². The number of rotatable bonds is 7. The van der Waals surface area contributed by atoms with Gasteiger partial charge in [-0.15, -0.1) is 0 Å². The monoisotopic (exact) mass is 384 g/mol. The largest absolute Gasteiger partial charge is 0.497 e. The molecule has 5 heteroatoms. The van der Waals surface area contributed by atoms with E-state index in [0.29, 0.717) is 17.7 Å². The minimum atomic E-state index is -0.203. The zero-order valence-electron chi connectivity index (χ0n) is 17.8. The summed E-state index contributed by atoms with van der Waals surface area (Å²) in [5, 5.41) is 2.82. The van der Waals surface area contributed by atoms with Crippen LogP contribution < -0.4 is 10.9 Å². The first-order chi connectivity index (χ1) is 13.4. The van der Waals surface area contributed by atoms with Crippen molar-refractivity contribution in [3.63, 3.8) is 0 Å². The predicted octanol–water partition coefficient (Wildman–Crippen LogP) is 4.70. The molecule has 0 unspecified atom stereocenters. The van der Waals surface area contributed by atoms with Crippen LogP contribution in [0.25, 0.3) is 0 Å². The molecule has 0 atom stereocenters. The summed E-state index contributed by atoms with van der Waals surface area (Å²) in [6, 6.07) is 7.41. The summed E-state index contributed by atoms with van der Waals surface area (Å²) >= 11 is 0. The van der Waals surface area contributed by atoms with Gasteiger partial charge in [-0.05, 0) is 62.1 Å². The summed E-state index contributed by atoms with van der Waals surface area (Å²) in [4.78, 5) is 27.2. The van der Waals surface area contributed by atoms with Crippen LogP contribution in [-0.4, -0.2) is 10.9 Å². The first-order valence-corrected chi connectivity index (χ1v) is 9.76. The Bertz CT molecular complexity index is 867. The SMILES string of the molecule is CC.CC/C=C/OCc1ccc(C(=O)NCc2c(C)cc(C)[nH]c2=O)cc1C. The summed E-state index contributed by atoms with van der Waals surface area (Å²) in [5.41, 5.74) is 4.69. The van der Waals surface area contributed by atoms with E-state index in [0.717, 1.165) is 28.8 Å². The second-order valence-corrected chi connectivity index (χ2v) is 6.36. The van der Waals surface area contributed by atoms with Crippen molar-refractivity contribution in [2.24, 2.45) is 0 Å². The van der Waals surface area contributed by atoms with Gasteiger partial charge in [0.15, 0.2) is 0 Å². The third-order valence-corrected chi connectivity index (χ3v) is 4.19. The average molecular weight is 385 g/mol. The topological polar surface area (TPSA) is 71.2 Å². The molecule has 0 aliphatic heterocycles. The second-order valence-electron chi connectivity index (χ2n) is 6.36. The van der Waals surface area contributed by atoms with Crippen molar-refractivity contribution in [2.45, 2.75) is 61.1 Å². The van der Waals surface area contributed by atoms with E-state index in [9.17, 15) is 9.59 Å². The number of aromatic amines is 1. The fraction of sp³-hybridized carbons (Fsp3) is 0.391. The van der Waals surface area contributed by atoms with E-state index in [1.807, 2.05) is 65.8 Å². The molecule has 0 spiro atoms. The molecule has 1 heterocycles. The number of carbonyl (C=O) groups is 1. The summed E-state index contributed by atoms with van der Waals surface area (Å²) in [6.07, 6.45) is 4.58. The number of pyridine rings is 1. The third-order valence-electron chi connectivity index (χ3n) is 4.19. The molecule has 1 amide bonds. The molecular formula is C23H32N2O3. The zero-order chi connectivity index (χ0) is 21.1. The molecular weight excluding hydrogens is 352 g/mol. The van der Waals surface area contributed by atoms with Gasteiger partial charge >= 0.3 is 0 Å². The Hall–Kier alpha value is -2.82. The van der Waals surface area contributed by atoms with E-state index in [-0.39, 0.29) is 18.0 Å². The molecule has 0 aliphatic carbocycles. The molecule has 0 saturated carbocycles. The first kappa shape index (κ1) is 23.2. The van der Waals surface area contributed by atoms with Crippen molar-refractivity contribution in [1.82, 2.24) is 10.3 Å². The summed E-state index contributed by atoms with van der Waals surface area (Å²) < 4.78 is 5.46. The van der Waals surface area contributed by atoms with Crippen molar-refractivity contribution >= 4 is 5.91 Å². The zero-order valence-corrected chi connectivity index (χ0v) is 17.8. The van der Waals surface area contributed by atoms with Gasteiger partial charge in [-0.3, -0.25) is 9.59 Å². The standard InChI is InChI=1S/C21H26N2O3.C2H6/c1-5-6-9-26-13-18-8-7-17(11-14(18)2)20(24)22-12-19-15(3)10-16(4)23-21(19)25;1-2/h6-11H,5,12-13H2,1-4H3,(H,22,24)(H,23,25);1-2H3/b9-6+;. The number of hydrogen-bond donors (Lipinski definition) is 2. The summed E-state index contributed by atoms with van der Waals surface area (Å²) in [6.45, 7) is 12.4. The molecule has 0 fully saturated rings. The van der Waals surface area contributed by atoms with E-state index < -0.39 is 0 Å². The molecule has 0 aliphatic rings. The quantitative estimate of drug-likeness (QED) is 0.680. The van der Waals surface area contributed by atoms with Crippen LogP contribution in [0.1, 0.15) is 65.5 Å². The highest BCUT2D eigenvalue weighted by Crippen LogP contribution is 2.13. The highest BCUT2D eigenvalue weighted by Gasteiger charge is 2.10. The predicted molar refractivity (Wildman–Crippen MR) is 114 cm³/mol. The maximum absolute atomic E-state index is 12.4. The number of nitrogens with one attached hydrogen (secondary N) is 2. The summed E-state index contributed by atoms with van der Waals surface area (Å²) in [7, 11) is 0. The van der Waals surface area contributed by atoms with Gasteiger partial charge in [0.05, 0.1) is 6.26 Å². The maximum Gasteiger partial charge on any atom is 0.253 e. The van der Waals surface area contributed by atoms with Crippen LogP contribution >= 0.6 is 0 Å². The fourth-order valence-corrected chi connectivity index (χ4v) is 2.67. The molecule has 152 valence electrons. The molecule has 2 rings (SSSR count). The molecule has 2 aromatic rings. The number of hydrogen-bond acceptors (Lipinski definition) is 3. The average Bonchev–Trinajstić information content (AvgIpc) is 2.66. The number of H-pyrrole nitrogens is 1. The normalized spacial score (nSPS) is 10.4. The van der Waals surface area contributed by atoms with E-state index >= 15 is 0 Å². The van der Waals surface area contributed by atoms with Gasteiger partial charge in [0.25, 0.3) is 11.5 Å². The number of aryl methyl sites for hydroxylation is 3. The Labute approximate surface area is 167 Å². The summed E-state index contributed by atoms with van der Waals surface area (Å²) in [5.74, 6) is -0.203. The smallest absolute Gasteiger partial charge is 0.253 e. The van der Waals surface area contributed by atoms with Gasteiger partial charge in [0.2, 0.25) is 0 Å². The first-order valence-electron chi connectivity index (χ1n) is 9.76. The maximum atomic E-state index is 12.4. The van der Waals surface area contributed by atoms with Gasteiger partial charge < -0.3 is 15.0 Å². The lowest BCUT2D eigenvalue weighted by atomic mass is 10.0. The van der Waals surface area contributed by atoms with Gasteiger partial charge in [-0.2, -0.15) is 0 Å². The van der Waals surface area contributed by atoms with Crippen LogP contribution in [0, 0.1) is 20.8 Å². The highest BCUT2D eigenvalue weighted by atomic mass is 16.5. The molecule has 0 saturated heterocycles. The van der Waals surface area contributed by atoms with Crippen molar-refractivity contribution in [2.75, 3.05) is 0 Å². The number of ether oxygens (including phenoxy) is 1. The van der Waals surface area contributed by atoms with Gasteiger partial charge in [-0.1, -0.05) is 32.9 Å². The van der Waals surface area contributed by atoms with Crippen molar-refractivity contribution in [3.05, 3.63) is 80.5 Å². The van der Waals surface area contributed by atoms with Crippen LogP contribution in [0.3, 0.4) is 0 Å². The highest BCUT2D eigenvalue weighted by molar-refractivity contribution is 5.94. The number of benzene rings is 1. The Balaban J connectivity index is 0.00000190. The van der Waals surface area contributed by atoms with E-state index in [2.05, 4.69) is 10.3 Å².